The van der Waals surface area contributed by atoms with E-state index in [9.17, 15) is 4.79 Å². The van der Waals surface area contributed by atoms with Gasteiger partial charge < -0.3 is 14.0 Å². The molecule has 0 bridgehead atoms. The lowest BCUT2D eigenvalue weighted by atomic mass is 10.2. The largest absolute Gasteiger partial charge is 0.493 e. The van der Waals surface area contributed by atoms with Crippen LogP contribution in [0.4, 0.5) is 0 Å². The number of thiazole rings is 1. The van der Waals surface area contributed by atoms with Crippen molar-refractivity contribution in [3.05, 3.63) is 59.4 Å². The first-order valence-electron chi connectivity index (χ1n) is 8.20. The molecule has 0 fully saturated rings. The third-order valence-corrected chi connectivity index (χ3v) is 5.78. The van der Waals surface area contributed by atoms with Gasteiger partial charge in [0.1, 0.15) is 0 Å². The Morgan fingerprint density at radius 2 is 2.00 bits per heavy atom. The summed E-state index contributed by atoms with van der Waals surface area (Å²) in [7, 11) is 3.20. The third kappa shape index (κ3) is 3.94. The van der Waals surface area contributed by atoms with Crippen molar-refractivity contribution in [3.8, 4) is 11.5 Å². The molecule has 0 saturated carbocycles. The number of methoxy groups -OCH3 is 2. The quantitative estimate of drug-likeness (QED) is 0.455. The van der Waals surface area contributed by atoms with Crippen molar-refractivity contribution in [2.45, 2.75) is 11.4 Å². The highest BCUT2D eigenvalue weighted by Crippen LogP contribution is 2.33. The van der Waals surface area contributed by atoms with Crippen LogP contribution in [0.1, 0.15) is 10.4 Å². The van der Waals surface area contributed by atoms with Crippen LogP contribution >= 0.6 is 23.1 Å². The number of hydrogen-bond acceptors (Lipinski definition) is 5. The minimum absolute atomic E-state index is 0.269. The fraction of sp³-hybridized carbons (Fsp3) is 0.200. The van der Waals surface area contributed by atoms with E-state index in [0.717, 1.165) is 15.1 Å². The van der Waals surface area contributed by atoms with Gasteiger partial charge in [-0.15, -0.1) is 18.3 Å². The predicted molar refractivity (Wildman–Crippen MR) is 111 cm³/mol. The summed E-state index contributed by atoms with van der Waals surface area (Å²) >= 11 is 3.02. The highest BCUT2D eigenvalue weighted by atomic mass is 32.2. The number of fused-ring (bicyclic) bond motifs is 1. The van der Waals surface area contributed by atoms with Crippen LogP contribution in [0.5, 0.6) is 11.5 Å². The number of rotatable bonds is 6. The van der Waals surface area contributed by atoms with Gasteiger partial charge in [0.25, 0.3) is 5.91 Å². The zero-order valence-corrected chi connectivity index (χ0v) is 17.0. The minimum Gasteiger partial charge on any atom is -0.493 e. The summed E-state index contributed by atoms with van der Waals surface area (Å²) in [6.07, 6.45) is 3.76. The van der Waals surface area contributed by atoms with Crippen LogP contribution in [0, 0.1) is 0 Å². The lowest BCUT2D eigenvalue weighted by Gasteiger charge is -2.08. The smallest absolute Gasteiger partial charge is 0.279 e. The zero-order chi connectivity index (χ0) is 19.4. The van der Waals surface area contributed by atoms with Crippen molar-refractivity contribution < 1.29 is 14.3 Å². The molecule has 1 amide bonds. The number of carbonyl (C=O) groups excluding carboxylic acids is 1. The molecule has 0 aliphatic heterocycles. The number of aromatic nitrogens is 1. The Balaban J connectivity index is 2.17. The first kappa shape index (κ1) is 19.3. The molecule has 5 nitrogen and oxygen atoms in total. The van der Waals surface area contributed by atoms with E-state index in [1.165, 1.54) is 11.3 Å². The molecule has 1 heterocycles. The molecule has 0 saturated heterocycles. The first-order valence-corrected chi connectivity index (χ1v) is 10.2. The van der Waals surface area contributed by atoms with Crippen molar-refractivity contribution in [2.24, 2.45) is 4.99 Å². The van der Waals surface area contributed by atoms with E-state index in [1.807, 2.05) is 41.2 Å². The maximum Gasteiger partial charge on any atom is 0.279 e. The average molecular weight is 401 g/mol. The van der Waals surface area contributed by atoms with Gasteiger partial charge in [-0.05, 0) is 24.5 Å². The highest BCUT2D eigenvalue weighted by Gasteiger charge is 2.13. The van der Waals surface area contributed by atoms with Crippen LogP contribution in [0.25, 0.3) is 10.2 Å². The summed E-state index contributed by atoms with van der Waals surface area (Å²) in [6.45, 7) is 4.35. The van der Waals surface area contributed by atoms with E-state index < -0.39 is 0 Å². The van der Waals surface area contributed by atoms with Gasteiger partial charge in [0, 0.05) is 29.1 Å². The number of ether oxygens (including phenoxy) is 2. The number of amides is 1. The lowest BCUT2D eigenvalue weighted by Crippen LogP contribution is -2.16. The first-order chi connectivity index (χ1) is 13.1. The standard InChI is InChI=1S/C20H20N2O3S2/c1-5-9-22-15-11-16(24-2)17(25-3)12-18(15)27-20(22)21-19(23)13-7-6-8-14(10-13)26-4/h5-8,10-12H,1,9H2,2-4H3. The van der Waals surface area contributed by atoms with E-state index in [1.54, 1.807) is 38.1 Å². The number of hydrogen-bond donors (Lipinski definition) is 0. The average Bonchev–Trinajstić information content (AvgIpc) is 3.03. The molecule has 27 heavy (non-hydrogen) atoms. The van der Waals surface area contributed by atoms with Gasteiger partial charge in [0.05, 0.1) is 24.4 Å². The Kier molecular flexibility index (Phi) is 6.03. The fourth-order valence-electron chi connectivity index (χ4n) is 2.70. The molecule has 140 valence electrons. The number of thioether (sulfide) groups is 1. The van der Waals surface area contributed by atoms with Gasteiger partial charge in [-0.25, -0.2) is 0 Å². The van der Waals surface area contributed by atoms with Crippen LogP contribution in [-0.2, 0) is 6.54 Å². The predicted octanol–water partition coefficient (Wildman–Crippen LogP) is 4.37. The second-order valence-corrected chi connectivity index (χ2v) is 7.50. The minimum atomic E-state index is -0.269. The van der Waals surface area contributed by atoms with E-state index >= 15 is 0 Å². The van der Waals surface area contributed by atoms with Crippen LogP contribution in [0.2, 0.25) is 0 Å². The number of carbonyl (C=O) groups is 1. The monoisotopic (exact) mass is 400 g/mol. The molecule has 2 aromatic carbocycles. The lowest BCUT2D eigenvalue weighted by molar-refractivity contribution is 0.0997. The van der Waals surface area contributed by atoms with Gasteiger partial charge in [-0.3, -0.25) is 4.79 Å². The molecular weight excluding hydrogens is 380 g/mol. The van der Waals surface area contributed by atoms with Crippen molar-refractivity contribution in [1.82, 2.24) is 4.57 Å². The van der Waals surface area contributed by atoms with E-state index in [-0.39, 0.29) is 5.91 Å². The van der Waals surface area contributed by atoms with Crippen LogP contribution < -0.4 is 14.3 Å². The van der Waals surface area contributed by atoms with Gasteiger partial charge in [0.2, 0.25) is 0 Å². The van der Waals surface area contributed by atoms with Gasteiger partial charge in [-0.2, -0.15) is 4.99 Å². The zero-order valence-electron chi connectivity index (χ0n) is 15.4. The molecule has 0 N–H and O–H groups in total. The molecule has 0 unspecified atom stereocenters. The van der Waals surface area contributed by atoms with Crippen molar-refractivity contribution >= 4 is 39.2 Å². The van der Waals surface area contributed by atoms with Gasteiger partial charge >= 0.3 is 0 Å². The Labute approximate surface area is 166 Å². The number of benzene rings is 2. The van der Waals surface area contributed by atoms with E-state index in [0.29, 0.717) is 28.4 Å². The summed E-state index contributed by atoms with van der Waals surface area (Å²) in [4.78, 5) is 18.7. The Bertz CT molecular complexity index is 1070. The van der Waals surface area contributed by atoms with Gasteiger partial charge in [0.15, 0.2) is 16.3 Å². The maximum absolute atomic E-state index is 12.7. The van der Waals surface area contributed by atoms with Crippen LogP contribution in [0.3, 0.4) is 0 Å². The Morgan fingerprint density at radius 3 is 2.67 bits per heavy atom. The van der Waals surface area contributed by atoms with Crippen LogP contribution in [0.15, 0.2) is 58.9 Å². The van der Waals surface area contributed by atoms with Crippen molar-refractivity contribution in [1.29, 1.82) is 0 Å². The van der Waals surface area contributed by atoms with Crippen LogP contribution in [-0.4, -0.2) is 30.9 Å². The summed E-state index contributed by atoms with van der Waals surface area (Å²) in [5.41, 5.74) is 1.49. The SMILES string of the molecule is C=CCn1c(=NC(=O)c2cccc(SC)c2)sc2cc(OC)c(OC)cc21. The molecule has 3 rings (SSSR count). The summed E-state index contributed by atoms with van der Waals surface area (Å²) in [5, 5.41) is 0. The molecule has 0 aliphatic carbocycles. The van der Waals surface area contributed by atoms with E-state index in [4.69, 9.17) is 9.47 Å². The van der Waals surface area contributed by atoms with Crippen molar-refractivity contribution in [2.75, 3.05) is 20.5 Å². The topological polar surface area (TPSA) is 52.8 Å². The number of allylic oxidation sites excluding steroid dienone is 1. The van der Waals surface area contributed by atoms with E-state index in [2.05, 4.69) is 11.6 Å². The second-order valence-electron chi connectivity index (χ2n) is 5.61. The molecule has 3 aromatic rings. The van der Waals surface area contributed by atoms with Gasteiger partial charge in [-0.1, -0.05) is 23.5 Å². The Morgan fingerprint density at radius 1 is 1.26 bits per heavy atom. The summed E-state index contributed by atoms with van der Waals surface area (Å²) < 4.78 is 13.7. The van der Waals surface area contributed by atoms with Crippen molar-refractivity contribution in [3.63, 3.8) is 0 Å². The Hall–Kier alpha value is -2.51. The highest BCUT2D eigenvalue weighted by molar-refractivity contribution is 7.98. The number of nitrogens with zero attached hydrogens (tertiary/aromatic N) is 2. The molecule has 1 aromatic heterocycles. The molecular formula is C20H20N2O3S2. The molecule has 0 radical (unpaired) electrons. The molecule has 0 aliphatic rings. The maximum atomic E-state index is 12.7. The third-order valence-electron chi connectivity index (χ3n) is 4.01. The normalized spacial score (nSPS) is 11.6. The molecule has 0 atom stereocenters. The summed E-state index contributed by atoms with van der Waals surface area (Å²) in [5.74, 6) is 1.00. The second kappa shape index (κ2) is 8.45. The molecule has 0 spiro atoms. The fourth-order valence-corrected chi connectivity index (χ4v) is 4.20. The molecule has 7 heteroatoms. The summed E-state index contributed by atoms with van der Waals surface area (Å²) in [6, 6.07) is 11.3.